The monoisotopic (exact) mass is 266 g/mol. The van der Waals surface area contributed by atoms with Crippen molar-refractivity contribution in [1.29, 1.82) is 0 Å². The van der Waals surface area contributed by atoms with E-state index in [2.05, 4.69) is 12.2 Å². The molecule has 0 aromatic rings. The molecule has 1 amide bonds. The number of rotatable bonds is 4. The molecular weight excluding hydrogens is 236 g/mol. The third kappa shape index (κ3) is 4.48. The molecule has 2 atom stereocenters. The maximum absolute atomic E-state index is 12.3. The summed E-state index contributed by atoms with van der Waals surface area (Å²) >= 11 is 0. The SMILES string of the molecule is CCCC1CCC(NC(=O)C2CCCC(N)C2)CC1. The Hall–Kier alpha value is -0.570. The molecule has 2 aliphatic rings. The summed E-state index contributed by atoms with van der Waals surface area (Å²) in [5.74, 6) is 1.35. The molecule has 0 aromatic carbocycles. The highest BCUT2D eigenvalue weighted by Gasteiger charge is 2.28. The summed E-state index contributed by atoms with van der Waals surface area (Å²) in [6.07, 6.45) is 11.7. The maximum atomic E-state index is 12.3. The first-order valence-corrected chi connectivity index (χ1v) is 8.25. The standard InChI is InChI=1S/C16H30N2O/c1-2-4-12-7-9-15(10-8-12)18-16(19)13-5-3-6-14(17)11-13/h12-15H,2-11,17H2,1H3,(H,18,19). The van der Waals surface area contributed by atoms with Crippen molar-refractivity contribution in [1.82, 2.24) is 5.32 Å². The minimum Gasteiger partial charge on any atom is -0.353 e. The molecule has 3 N–H and O–H groups in total. The topological polar surface area (TPSA) is 55.1 Å². The Balaban J connectivity index is 1.71. The van der Waals surface area contributed by atoms with Gasteiger partial charge in [0.15, 0.2) is 0 Å². The summed E-state index contributed by atoms with van der Waals surface area (Å²) in [6, 6.07) is 0.670. The van der Waals surface area contributed by atoms with E-state index in [0.29, 0.717) is 6.04 Å². The van der Waals surface area contributed by atoms with E-state index in [1.54, 1.807) is 0 Å². The Morgan fingerprint density at radius 2 is 1.89 bits per heavy atom. The lowest BCUT2D eigenvalue weighted by atomic mass is 9.82. The van der Waals surface area contributed by atoms with Crippen LogP contribution in [0.15, 0.2) is 0 Å². The summed E-state index contributed by atoms with van der Waals surface area (Å²) < 4.78 is 0. The van der Waals surface area contributed by atoms with Crippen LogP contribution in [0.5, 0.6) is 0 Å². The zero-order valence-electron chi connectivity index (χ0n) is 12.4. The maximum Gasteiger partial charge on any atom is 0.223 e. The van der Waals surface area contributed by atoms with Gasteiger partial charge in [-0.05, 0) is 50.9 Å². The molecule has 0 spiro atoms. The van der Waals surface area contributed by atoms with E-state index >= 15 is 0 Å². The van der Waals surface area contributed by atoms with Gasteiger partial charge in [0.1, 0.15) is 0 Å². The van der Waals surface area contributed by atoms with Crippen molar-refractivity contribution >= 4 is 5.91 Å². The van der Waals surface area contributed by atoms with Gasteiger partial charge in [-0.2, -0.15) is 0 Å². The van der Waals surface area contributed by atoms with E-state index in [1.165, 1.54) is 38.5 Å². The van der Waals surface area contributed by atoms with Gasteiger partial charge in [0, 0.05) is 18.0 Å². The molecule has 2 rings (SSSR count). The van der Waals surface area contributed by atoms with E-state index in [0.717, 1.165) is 31.6 Å². The Kier molecular flexibility index (Phi) is 5.68. The van der Waals surface area contributed by atoms with Gasteiger partial charge in [-0.1, -0.05) is 26.2 Å². The molecule has 0 aromatic heterocycles. The summed E-state index contributed by atoms with van der Waals surface area (Å²) in [5, 5.41) is 3.28. The van der Waals surface area contributed by atoms with Crippen molar-refractivity contribution in [2.75, 3.05) is 0 Å². The minimum atomic E-state index is 0.178. The Labute approximate surface area is 117 Å². The lowest BCUT2D eigenvalue weighted by molar-refractivity contribution is -0.127. The summed E-state index contributed by atoms with van der Waals surface area (Å²) in [6.45, 7) is 2.26. The summed E-state index contributed by atoms with van der Waals surface area (Å²) in [5.41, 5.74) is 5.97. The first kappa shape index (κ1) is 14.8. The van der Waals surface area contributed by atoms with Crippen molar-refractivity contribution in [3.05, 3.63) is 0 Å². The van der Waals surface area contributed by atoms with E-state index in [-0.39, 0.29) is 17.9 Å². The molecule has 0 bridgehead atoms. The quantitative estimate of drug-likeness (QED) is 0.822. The van der Waals surface area contributed by atoms with Crippen molar-refractivity contribution in [3.63, 3.8) is 0 Å². The molecule has 3 heteroatoms. The van der Waals surface area contributed by atoms with Crippen LogP contribution in [-0.4, -0.2) is 18.0 Å². The van der Waals surface area contributed by atoms with Gasteiger partial charge in [-0.25, -0.2) is 0 Å². The normalized spacial score (nSPS) is 35.9. The molecule has 0 radical (unpaired) electrons. The molecule has 2 aliphatic carbocycles. The zero-order chi connectivity index (χ0) is 13.7. The molecule has 0 aliphatic heterocycles. The molecule has 110 valence electrons. The zero-order valence-corrected chi connectivity index (χ0v) is 12.4. The molecule has 0 heterocycles. The van der Waals surface area contributed by atoms with Gasteiger partial charge in [0.05, 0.1) is 0 Å². The summed E-state index contributed by atoms with van der Waals surface area (Å²) in [4.78, 5) is 12.3. The van der Waals surface area contributed by atoms with Crippen LogP contribution in [-0.2, 0) is 4.79 Å². The smallest absolute Gasteiger partial charge is 0.223 e. The predicted molar refractivity (Wildman–Crippen MR) is 78.7 cm³/mol. The van der Waals surface area contributed by atoms with E-state index in [4.69, 9.17) is 5.73 Å². The number of amides is 1. The molecule has 3 nitrogen and oxygen atoms in total. The van der Waals surface area contributed by atoms with Gasteiger partial charge in [-0.15, -0.1) is 0 Å². The van der Waals surface area contributed by atoms with Gasteiger partial charge in [0.25, 0.3) is 0 Å². The molecule has 2 saturated carbocycles. The average molecular weight is 266 g/mol. The number of hydrogen-bond donors (Lipinski definition) is 2. The molecule has 2 unspecified atom stereocenters. The van der Waals surface area contributed by atoms with Crippen molar-refractivity contribution in [2.45, 2.75) is 83.2 Å². The van der Waals surface area contributed by atoms with Gasteiger partial charge < -0.3 is 11.1 Å². The van der Waals surface area contributed by atoms with Crippen LogP contribution in [0, 0.1) is 11.8 Å². The highest BCUT2D eigenvalue weighted by atomic mass is 16.1. The summed E-state index contributed by atoms with van der Waals surface area (Å²) in [7, 11) is 0. The first-order chi connectivity index (χ1) is 9.19. The highest BCUT2D eigenvalue weighted by molar-refractivity contribution is 5.79. The fourth-order valence-corrected chi connectivity index (χ4v) is 3.79. The molecular formula is C16H30N2O. The molecule has 0 saturated heterocycles. The number of nitrogens with two attached hydrogens (primary N) is 1. The van der Waals surface area contributed by atoms with Crippen LogP contribution in [0.2, 0.25) is 0 Å². The van der Waals surface area contributed by atoms with E-state index in [1.807, 2.05) is 0 Å². The second-order valence-corrected chi connectivity index (χ2v) is 6.64. The van der Waals surface area contributed by atoms with Crippen molar-refractivity contribution in [3.8, 4) is 0 Å². The van der Waals surface area contributed by atoms with Crippen molar-refractivity contribution in [2.24, 2.45) is 17.6 Å². The van der Waals surface area contributed by atoms with Crippen LogP contribution < -0.4 is 11.1 Å². The van der Waals surface area contributed by atoms with E-state index < -0.39 is 0 Å². The van der Waals surface area contributed by atoms with Crippen LogP contribution in [0.1, 0.15) is 71.1 Å². The Morgan fingerprint density at radius 3 is 2.53 bits per heavy atom. The van der Waals surface area contributed by atoms with Crippen LogP contribution in [0.25, 0.3) is 0 Å². The lowest BCUT2D eigenvalue weighted by Gasteiger charge is -2.31. The largest absolute Gasteiger partial charge is 0.353 e. The number of hydrogen-bond acceptors (Lipinski definition) is 2. The first-order valence-electron chi connectivity index (χ1n) is 8.25. The van der Waals surface area contributed by atoms with E-state index in [9.17, 15) is 4.79 Å². The van der Waals surface area contributed by atoms with Crippen LogP contribution >= 0.6 is 0 Å². The van der Waals surface area contributed by atoms with Gasteiger partial charge in [0.2, 0.25) is 5.91 Å². The Bertz CT molecular complexity index is 284. The van der Waals surface area contributed by atoms with Crippen LogP contribution in [0.4, 0.5) is 0 Å². The highest BCUT2D eigenvalue weighted by Crippen LogP contribution is 2.29. The molecule has 19 heavy (non-hydrogen) atoms. The van der Waals surface area contributed by atoms with Gasteiger partial charge in [-0.3, -0.25) is 4.79 Å². The second kappa shape index (κ2) is 7.28. The predicted octanol–water partition coefficient (Wildman–Crippen LogP) is 2.98. The average Bonchev–Trinajstić information content (AvgIpc) is 2.41. The number of carbonyl (C=O) groups is 1. The van der Waals surface area contributed by atoms with Gasteiger partial charge >= 0.3 is 0 Å². The number of nitrogens with one attached hydrogen (secondary N) is 1. The molecule has 2 fully saturated rings. The van der Waals surface area contributed by atoms with Crippen LogP contribution in [0.3, 0.4) is 0 Å². The number of carbonyl (C=O) groups excluding carboxylic acids is 1. The minimum absolute atomic E-state index is 0.178. The third-order valence-corrected chi connectivity index (χ3v) is 4.98. The third-order valence-electron chi connectivity index (χ3n) is 4.98. The fourth-order valence-electron chi connectivity index (χ4n) is 3.79. The van der Waals surface area contributed by atoms with Crippen molar-refractivity contribution < 1.29 is 4.79 Å². The fraction of sp³-hybridized carbons (Fsp3) is 0.938. The Morgan fingerprint density at radius 1 is 1.16 bits per heavy atom. The second-order valence-electron chi connectivity index (χ2n) is 6.64. The lowest BCUT2D eigenvalue weighted by Crippen LogP contribution is -2.43.